The first-order chi connectivity index (χ1) is 10.8. The maximum absolute atomic E-state index is 5.98. The lowest BCUT2D eigenvalue weighted by molar-refractivity contribution is 0.763. The highest BCUT2D eigenvalue weighted by Crippen LogP contribution is 2.17. The van der Waals surface area contributed by atoms with E-state index in [1.54, 1.807) is 6.20 Å². The quantitative estimate of drug-likeness (QED) is 0.721. The van der Waals surface area contributed by atoms with Crippen molar-refractivity contribution < 1.29 is 0 Å². The fraction of sp³-hybridized carbons (Fsp3) is 0.176. The summed E-state index contributed by atoms with van der Waals surface area (Å²) in [5.74, 6) is 1.32. The van der Waals surface area contributed by atoms with Crippen molar-refractivity contribution in [2.24, 2.45) is 0 Å². The number of anilines is 2. The summed E-state index contributed by atoms with van der Waals surface area (Å²) in [6.45, 7) is 2.75. The zero-order chi connectivity index (χ0) is 15.4. The van der Waals surface area contributed by atoms with E-state index >= 15 is 0 Å². The number of aromatic nitrogens is 3. The molecule has 0 fully saturated rings. The largest absolute Gasteiger partial charge is 0.340 e. The Bertz CT molecular complexity index is 735. The van der Waals surface area contributed by atoms with Gasteiger partial charge >= 0.3 is 0 Å². The molecule has 0 aliphatic rings. The molecule has 0 radical (unpaired) electrons. The zero-order valence-corrected chi connectivity index (χ0v) is 13.1. The lowest BCUT2D eigenvalue weighted by Gasteiger charge is -2.09. The highest BCUT2D eigenvalue weighted by atomic mass is 35.5. The van der Waals surface area contributed by atoms with Gasteiger partial charge in [-0.15, -0.1) is 11.6 Å². The molecule has 1 N–H and O–H groups in total. The highest BCUT2D eigenvalue weighted by Gasteiger charge is 2.06. The molecule has 2 aromatic heterocycles. The van der Waals surface area contributed by atoms with Crippen molar-refractivity contribution in [1.82, 2.24) is 14.5 Å². The third-order valence-corrected chi connectivity index (χ3v) is 3.78. The summed E-state index contributed by atoms with van der Waals surface area (Å²) < 4.78 is 2.09. The van der Waals surface area contributed by atoms with Crippen LogP contribution in [0.2, 0.25) is 0 Å². The third-order valence-electron chi connectivity index (χ3n) is 3.53. The minimum atomic E-state index is 0.477. The highest BCUT2D eigenvalue weighted by molar-refractivity contribution is 6.17. The van der Waals surface area contributed by atoms with Gasteiger partial charge in [-0.1, -0.05) is 18.2 Å². The molecule has 4 nitrogen and oxygen atoms in total. The lowest BCUT2D eigenvalue weighted by atomic mass is 10.2. The average molecular weight is 313 g/mol. The van der Waals surface area contributed by atoms with E-state index in [9.17, 15) is 0 Å². The fourth-order valence-electron chi connectivity index (χ4n) is 2.29. The summed E-state index contributed by atoms with van der Waals surface area (Å²) in [4.78, 5) is 8.57. The minimum Gasteiger partial charge on any atom is -0.340 e. The number of nitrogens with zero attached hydrogens (tertiary/aromatic N) is 3. The lowest BCUT2D eigenvalue weighted by Crippen LogP contribution is -2.02. The van der Waals surface area contributed by atoms with Crippen LogP contribution in [0.1, 0.15) is 17.0 Å². The number of pyridine rings is 1. The van der Waals surface area contributed by atoms with E-state index in [-0.39, 0.29) is 0 Å². The smallest absolute Gasteiger partial charge is 0.130 e. The molecule has 0 aliphatic heterocycles. The predicted molar refractivity (Wildman–Crippen MR) is 89.6 cm³/mol. The third kappa shape index (κ3) is 3.28. The van der Waals surface area contributed by atoms with Gasteiger partial charge in [-0.2, -0.15) is 0 Å². The SMILES string of the molecule is Cc1ncn(Cc2ccc(Nc3ccccn3)cc2)c1CCl. The number of hydrogen-bond donors (Lipinski definition) is 1. The molecule has 3 aromatic rings. The maximum Gasteiger partial charge on any atom is 0.130 e. The van der Waals surface area contributed by atoms with E-state index in [0.29, 0.717) is 5.88 Å². The molecule has 0 aliphatic carbocycles. The first-order valence-electron chi connectivity index (χ1n) is 7.10. The number of imidazole rings is 1. The van der Waals surface area contributed by atoms with Crippen LogP contribution in [0.3, 0.4) is 0 Å². The van der Waals surface area contributed by atoms with Gasteiger partial charge in [-0.3, -0.25) is 0 Å². The summed E-state index contributed by atoms with van der Waals surface area (Å²) in [6, 6.07) is 14.1. The molecule has 0 unspecified atom stereocenters. The maximum atomic E-state index is 5.98. The Labute approximate surface area is 134 Å². The summed E-state index contributed by atoms with van der Waals surface area (Å²) >= 11 is 5.98. The Morgan fingerprint density at radius 1 is 1.09 bits per heavy atom. The van der Waals surface area contributed by atoms with Gasteiger partial charge in [0.15, 0.2) is 0 Å². The molecule has 0 spiro atoms. The molecule has 22 heavy (non-hydrogen) atoms. The van der Waals surface area contributed by atoms with E-state index in [4.69, 9.17) is 11.6 Å². The number of hydrogen-bond acceptors (Lipinski definition) is 3. The summed E-state index contributed by atoms with van der Waals surface area (Å²) in [7, 11) is 0. The van der Waals surface area contributed by atoms with Crippen molar-refractivity contribution in [1.29, 1.82) is 0 Å². The van der Waals surface area contributed by atoms with Gasteiger partial charge in [0.05, 0.1) is 23.6 Å². The van der Waals surface area contributed by atoms with Crippen molar-refractivity contribution in [3.63, 3.8) is 0 Å². The molecule has 0 saturated carbocycles. The molecule has 2 heterocycles. The van der Waals surface area contributed by atoms with Crippen molar-refractivity contribution in [2.75, 3.05) is 5.32 Å². The van der Waals surface area contributed by atoms with Crippen LogP contribution in [0, 0.1) is 6.92 Å². The molecule has 5 heteroatoms. The number of nitrogens with one attached hydrogen (secondary N) is 1. The van der Waals surface area contributed by atoms with Crippen molar-refractivity contribution >= 4 is 23.1 Å². The Balaban J connectivity index is 1.71. The summed E-state index contributed by atoms with van der Waals surface area (Å²) in [6.07, 6.45) is 3.61. The summed E-state index contributed by atoms with van der Waals surface area (Å²) in [5, 5.41) is 3.27. The Kier molecular flexibility index (Phi) is 4.39. The van der Waals surface area contributed by atoms with E-state index in [0.717, 1.165) is 29.4 Å². The summed E-state index contributed by atoms with van der Waals surface area (Å²) in [5.41, 5.74) is 4.28. The van der Waals surface area contributed by atoms with Gasteiger partial charge in [0.25, 0.3) is 0 Å². The number of halogens is 1. The van der Waals surface area contributed by atoms with Crippen LogP contribution in [0.5, 0.6) is 0 Å². The number of alkyl halides is 1. The Morgan fingerprint density at radius 2 is 1.91 bits per heavy atom. The van der Waals surface area contributed by atoms with Gasteiger partial charge in [0.1, 0.15) is 5.82 Å². The molecule has 0 atom stereocenters. The second kappa shape index (κ2) is 6.62. The first kappa shape index (κ1) is 14.6. The molecule has 3 rings (SSSR count). The van der Waals surface area contributed by atoms with Crippen molar-refractivity contribution in [2.45, 2.75) is 19.3 Å². The van der Waals surface area contributed by atoms with Gasteiger partial charge < -0.3 is 9.88 Å². The first-order valence-corrected chi connectivity index (χ1v) is 7.63. The Morgan fingerprint density at radius 3 is 2.59 bits per heavy atom. The number of benzene rings is 1. The molecular weight excluding hydrogens is 296 g/mol. The van der Waals surface area contributed by atoms with Gasteiger partial charge in [0, 0.05) is 18.4 Å². The predicted octanol–water partition coefficient (Wildman–Crippen LogP) is 4.12. The van der Waals surface area contributed by atoms with E-state index in [1.165, 1.54) is 5.56 Å². The van der Waals surface area contributed by atoms with Crippen molar-refractivity contribution in [3.05, 3.63) is 71.9 Å². The van der Waals surface area contributed by atoms with E-state index in [1.807, 2.05) is 43.6 Å². The van der Waals surface area contributed by atoms with Crippen LogP contribution in [0.25, 0.3) is 0 Å². The molecule has 112 valence electrons. The normalized spacial score (nSPS) is 10.6. The average Bonchev–Trinajstić information content (AvgIpc) is 2.90. The zero-order valence-electron chi connectivity index (χ0n) is 12.3. The van der Waals surface area contributed by atoms with E-state index in [2.05, 4.69) is 32.0 Å². The van der Waals surface area contributed by atoms with Crippen LogP contribution >= 0.6 is 11.6 Å². The van der Waals surface area contributed by atoms with Gasteiger partial charge in [-0.25, -0.2) is 9.97 Å². The monoisotopic (exact) mass is 312 g/mol. The molecular formula is C17H17ClN4. The number of aryl methyl sites for hydroxylation is 1. The molecule has 0 amide bonds. The Hall–Kier alpha value is -2.33. The number of rotatable bonds is 5. The second-order valence-electron chi connectivity index (χ2n) is 5.08. The van der Waals surface area contributed by atoms with E-state index < -0.39 is 0 Å². The van der Waals surface area contributed by atoms with Gasteiger partial charge in [0.2, 0.25) is 0 Å². The topological polar surface area (TPSA) is 42.7 Å². The van der Waals surface area contributed by atoms with Crippen molar-refractivity contribution in [3.8, 4) is 0 Å². The van der Waals surface area contributed by atoms with Crippen LogP contribution in [-0.4, -0.2) is 14.5 Å². The van der Waals surface area contributed by atoms with Gasteiger partial charge in [-0.05, 0) is 36.8 Å². The van der Waals surface area contributed by atoms with Crippen LogP contribution in [0.4, 0.5) is 11.5 Å². The molecule has 0 bridgehead atoms. The van der Waals surface area contributed by atoms with Crippen LogP contribution in [0.15, 0.2) is 55.0 Å². The standard InChI is InChI=1S/C17H17ClN4/c1-13-16(10-18)22(12-20-13)11-14-5-7-15(8-6-14)21-17-4-2-3-9-19-17/h2-9,12H,10-11H2,1H3,(H,19,21). The fourth-order valence-corrected chi connectivity index (χ4v) is 2.64. The second-order valence-corrected chi connectivity index (χ2v) is 5.34. The van der Waals surface area contributed by atoms with Crippen LogP contribution < -0.4 is 5.32 Å². The molecule has 0 saturated heterocycles. The minimum absolute atomic E-state index is 0.477. The molecule has 1 aromatic carbocycles. The van der Waals surface area contributed by atoms with Crippen LogP contribution in [-0.2, 0) is 12.4 Å².